The quantitative estimate of drug-likeness (QED) is 0.597. The van der Waals surface area contributed by atoms with E-state index in [0.29, 0.717) is 17.1 Å². The number of aryl methyl sites for hydroxylation is 1. The van der Waals surface area contributed by atoms with Gasteiger partial charge in [0.25, 0.3) is 0 Å². The van der Waals surface area contributed by atoms with Gasteiger partial charge in [-0.25, -0.2) is 0 Å². The lowest BCUT2D eigenvalue weighted by Gasteiger charge is -2.22. The molecule has 146 valence electrons. The molecule has 1 aromatic heterocycles. The van der Waals surface area contributed by atoms with Crippen LogP contribution in [0.3, 0.4) is 0 Å². The van der Waals surface area contributed by atoms with E-state index in [2.05, 4.69) is 0 Å². The second-order valence-corrected chi connectivity index (χ2v) is 7.75. The van der Waals surface area contributed by atoms with Gasteiger partial charge < -0.3 is 4.90 Å². The van der Waals surface area contributed by atoms with E-state index in [1.165, 1.54) is 0 Å². The lowest BCUT2D eigenvalue weighted by atomic mass is 9.87. The maximum absolute atomic E-state index is 13.0. The van der Waals surface area contributed by atoms with E-state index in [4.69, 9.17) is 11.6 Å². The van der Waals surface area contributed by atoms with Gasteiger partial charge in [0.15, 0.2) is 12.4 Å². The second-order valence-electron chi connectivity index (χ2n) is 7.31. The summed E-state index contributed by atoms with van der Waals surface area (Å²) in [6.07, 6.45) is 5.35. The van der Waals surface area contributed by atoms with Crippen LogP contribution in [0.5, 0.6) is 0 Å². The first-order chi connectivity index (χ1) is 14.0. The minimum atomic E-state index is -0.255. The molecule has 4 rings (SSSR count). The van der Waals surface area contributed by atoms with E-state index in [9.17, 15) is 9.59 Å². The first-order valence-corrected chi connectivity index (χ1v) is 10.1. The summed E-state index contributed by atoms with van der Waals surface area (Å²) in [5.74, 6) is 0.0584. The summed E-state index contributed by atoms with van der Waals surface area (Å²) in [5.41, 5.74) is 3.64. The molecule has 0 saturated heterocycles. The molecule has 1 amide bonds. The number of halogens is 1. The number of anilines is 1. The average molecular weight is 406 g/mol. The number of rotatable bonds is 4. The molecule has 1 unspecified atom stereocenters. The van der Waals surface area contributed by atoms with Crippen molar-refractivity contribution in [3.8, 4) is 0 Å². The summed E-state index contributed by atoms with van der Waals surface area (Å²) in [6, 6.07) is 19.0. The highest BCUT2D eigenvalue weighted by atomic mass is 35.5. The van der Waals surface area contributed by atoms with Gasteiger partial charge in [0.2, 0.25) is 17.7 Å². The number of aromatic nitrogens is 1. The minimum Gasteiger partial charge on any atom is -0.308 e. The number of pyridine rings is 1. The molecule has 3 aromatic rings. The van der Waals surface area contributed by atoms with Gasteiger partial charge in [-0.05, 0) is 29.7 Å². The van der Waals surface area contributed by atoms with Crippen molar-refractivity contribution >= 4 is 29.0 Å². The van der Waals surface area contributed by atoms with Gasteiger partial charge in [0, 0.05) is 36.1 Å². The number of carbonyl (C=O) groups excluding carboxylic acids is 2. The molecule has 1 aliphatic rings. The summed E-state index contributed by atoms with van der Waals surface area (Å²) in [7, 11) is 0. The van der Waals surface area contributed by atoms with Crippen LogP contribution in [0, 0.1) is 0 Å². The smallest absolute Gasteiger partial charge is 0.230 e. The number of hydrogen-bond acceptors (Lipinski definition) is 2. The highest BCUT2D eigenvalue weighted by molar-refractivity contribution is 6.31. The Labute approximate surface area is 175 Å². The highest BCUT2D eigenvalue weighted by Gasteiger charge is 2.34. The Morgan fingerprint density at radius 3 is 2.52 bits per heavy atom. The van der Waals surface area contributed by atoms with Crippen LogP contribution in [-0.2, 0) is 17.8 Å². The van der Waals surface area contributed by atoms with Crippen molar-refractivity contribution < 1.29 is 14.2 Å². The molecular weight excluding hydrogens is 384 g/mol. The van der Waals surface area contributed by atoms with Crippen molar-refractivity contribution in [3.63, 3.8) is 0 Å². The zero-order valence-corrected chi connectivity index (χ0v) is 17.0. The summed E-state index contributed by atoms with van der Waals surface area (Å²) >= 11 is 6.09. The number of amides is 1. The molecule has 0 bridgehead atoms. The van der Waals surface area contributed by atoms with Gasteiger partial charge in [-0.1, -0.05) is 48.0 Å². The van der Waals surface area contributed by atoms with Crippen LogP contribution in [0.2, 0.25) is 5.02 Å². The van der Waals surface area contributed by atoms with Crippen molar-refractivity contribution in [1.82, 2.24) is 0 Å². The highest BCUT2D eigenvalue weighted by Crippen LogP contribution is 2.28. The fraction of sp³-hybridized carbons (Fsp3) is 0.208. The summed E-state index contributed by atoms with van der Waals surface area (Å²) in [6.45, 7) is 2.07. The molecule has 1 aliphatic carbocycles. The molecule has 4 nitrogen and oxygen atoms in total. The van der Waals surface area contributed by atoms with Gasteiger partial charge in [-0.15, -0.1) is 0 Å². The van der Waals surface area contributed by atoms with Crippen molar-refractivity contribution in [1.29, 1.82) is 0 Å². The Morgan fingerprint density at radius 1 is 1.10 bits per heavy atom. The SMILES string of the molecule is CC(=O)N(Cc1ccccc1)c1cc[n+](C2CCc3ccc(Cl)cc3C2=O)cc1. The number of Topliss-reactive ketones (excluding diaryl/α,β-unsaturated/α-hetero) is 1. The van der Waals surface area contributed by atoms with Crippen LogP contribution in [0.25, 0.3) is 0 Å². The molecule has 2 aromatic carbocycles. The van der Waals surface area contributed by atoms with Gasteiger partial charge in [-0.2, -0.15) is 4.57 Å². The van der Waals surface area contributed by atoms with E-state index in [1.54, 1.807) is 17.9 Å². The molecule has 0 saturated carbocycles. The van der Waals surface area contributed by atoms with Crippen molar-refractivity contribution in [3.05, 3.63) is 94.8 Å². The van der Waals surface area contributed by atoms with Crippen LogP contribution in [0.1, 0.15) is 40.9 Å². The lowest BCUT2D eigenvalue weighted by Crippen LogP contribution is -2.45. The predicted octanol–water partition coefficient (Wildman–Crippen LogP) is 4.55. The van der Waals surface area contributed by atoms with E-state index in [1.807, 2.05) is 71.6 Å². The molecule has 0 spiro atoms. The fourth-order valence-corrected chi connectivity index (χ4v) is 4.02. The Morgan fingerprint density at radius 2 is 1.83 bits per heavy atom. The molecular formula is C24H22ClN2O2+. The third-order valence-corrected chi connectivity index (χ3v) is 5.63. The van der Waals surface area contributed by atoms with Crippen molar-refractivity contribution in [2.75, 3.05) is 4.90 Å². The van der Waals surface area contributed by atoms with Gasteiger partial charge in [-0.3, -0.25) is 9.59 Å². The molecule has 0 N–H and O–H groups in total. The van der Waals surface area contributed by atoms with E-state index < -0.39 is 0 Å². The van der Waals surface area contributed by atoms with Crippen LogP contribution in [0.4, 0.5) is 5.69 Å². The topological polar surface area (TPSA) is 41.3 Å². The molecule has 5 heteroatoms. The van der Waals surface area contributed by atoms with Gasteiger partial charge in [0.05, 0.1) is 12.2 Å². The number of fused-ring (bicyclic) bond motifs is 1. The normalized spacial score (nSPS) is 15.7. The average Bonchev–Trinajstić information content (AvgIpc) is 2.73. The molecule has 0 fully saturated rings. The third-order valence-electron chi connectivity index (χ3n) is 5.40. The Bertz CT molecular complexity index is 1050. The third kappa shape index (κ3) is 4.08. The zero-order chi connectivity index (χ0) is 20.4. The van der Waals surface area contributed by atoms with Gasteiger partial charge >= 0.3 is 0 Å². The van der Waals surface area contributed by atoms with Crippen LogP contribution < -0.4 is 9.47 Å². The van der Waals surface area contributed by atoms with Crippen molar-refractivity contribution in [2.45, 2.75) is 32.4 Å². The van der Waals surface area contributed by atoms with Gasteiger partial charge in [0.1, 0.15) is 0 Å². The zero-order valence-electron chi connectivity index (χ0n) is 16.2. The predicted molar refractivity (Wildman–Crippen MR) is 113 cm³/mol. The Balaban J connectivity index is 1.57. The standard InChI is InChI=1S/C24H22ClN2O2/c1-17(28)27(16-18-5-3-2-4-6-18)21-11-13-26(14-12-21)23-10-8-19-7-9-20(25)15-22(19)24(23)29/h2-7,9,11-15,23H,8,10,16H2,1H3/q+1. The molecule has 1 atom stereocenters. The number of hydrogen-bond donors (Lipinski definition) is 0. The van der Waals surface area contributed by atoms with E-state index in [-0.39, 0.29) is 17.7 Å². The molecule has 0 aliphatic heterocycles. The maximum Gasteiger partial charge on any atom is 0.230 e. The van der Waals surface area contributed by atoms with Crippen LogP contribution in [0.15, 0.2) is 73.1 Å². The molecule has 29 heavy (non-hydrogen) atoms. The van der Waals surface area contributed by atoms with Crippen LogP contribution >= 0.6 is 11.6 Å². The molecule has 0 radical (unpaired) electrons. The van der Waals surface area contributed by atoms with E-state index >= 15 is 0 Å². The summed E-state index contributed by atoms with van der Waals surface area (Å²) in [5, 5.41) is 0.580. The number of nitrogens with zero attached hydrogens (tertiary/aromatic N) is 2. The number of benzene rings is 2. The Kier molecular flexibility index (Phi) is 5.45. The van der Waals surface area contributed by atoms with E-state index in [0.717, 1.165) is 29.7 Å². The number of carbonyl (C=O) groups is 2. The monoisotopic (exact) mass is 405 g/mol. The maximum atomic E-state index is 13.0. The largest absolute Gasteiger partial charge is 0.308 e. The summed E-state index contributed by atoms with van der Waals surface area (Å²) in [4.78, 5) is 26.9. The fourth-order valence-electron chi connectivity index (χ4n) is 3.85. The first-order valence-electron chi connectivity index (χ1n) is 9.68. The van der Waals surface area contributed by atoms with Crippen LogP contribution in [-0.4, -0.2) is 11.7 Å². The second kappa shape index (κ2) is 8.18. The van der Waals surface area contributed by atoms with Crippen molar-refractivity contribution in [2.24, 2.45) is 0 Å². The molecule has 1 heterocycles. The number of ketones is 1. The first kappa shape index (κ1) is 19.3. The minimum absolute atomic E-state index is 0.0242. The summed E-state index contributed by atoms with van der Waals surface area (Å²) < 4.78 is 1.93. The lowest BCUT2D eigenvalue weighted by molar-refractivity contribution is -0.708. The Hall–Kier alpha value is -2.98.